The number of piperidine rings is 1. The van der Waals surface area contributed by atoms with Crippen LogP contribution in [0.25, 0.3) is 0 Å². The van der Waals surface area contributed by atoms with Crippen LogP contribution in [0.4, 0.5) is 0 Å². The molecule has 148 valence electrons. The lowest BCUT2D eigenvalue weighted by Crippen LogP contribution is -2.41. The Bertz CT molecular complexity index is 809. The molecule has 0 saturated carbocycles. The highest BCUT2D eigenvalue weighted by atomic mass is 16.5. The van der Waals surface area contributed by atoms with Gasteiger partial charge in [-0.15, -0.1) is 0 Å². The molecule has 0 radical (unpaired) electrons. The van der Waals surface area contributed by atoms with Crippen LogP contribution in [0.2, 0.25) is 0 Å². The van der Waals surface area contributed by atoms with Crippen LogP contribution in [0.15, 0.2) is 54.6 Å². The third-order valence-corrected chi connectivity index (χ3v) is 5.13. The van der Waals surface area contributed by atoms with Gasteiger partial charge in [-0.25, -0.2) is 4.79 Å². The Labute approximate surface area is 165 Å². The van der Waals surface area contributed by atoms with Crippen molar-refractivity contribution in [3.63, 3.8) is 0 Å². The maximum absolute atomic E-state index is 12.6. The zero-order valence-electron chi connectivity index (χ0n) is 16.0. The van der Waals surface area contributed by atoms with Gasteiger partial charge < -0.3 is 15.2 Å². The van der Waals surface area contributed by atoms with Gasteiger partial charge in [0.2, 0.25) is 0 Å². The predicted molar refractivity (Wildman–Crippen MR) is 106 cm³/mol. The van der Waals surface area contributed by atoms with E-state index in [1.807, 2.05) is 6.07 Å². The van der Waals surface area contributed by atoms with Gasteiger partial charge in [0.15, 0.2) is 6.61 Å². The number of carboxylic acid groups (broad SMARTS) is 1. The summed E-state index contributed by atoms with van der Waals surface area (Å²) in [6, 6.07) is 17.3. The van der Waals surface area contributed by atoms with E-state index < -0.39 is 12.6 Å². The van der Waals surface area contributed by atoms with Crippen LogP contribution >= 0.6 is 0 Å². The first-order valence-corrected chi connectivity index (χ1v) is 9.52. The van der Waals surface area contributed by atoms with E-state index in [9.17, 15) is 9.59 Å². The number of ether oxygens (including phenoxy) is 1. The number of amides is 1. The number of hydrogen-bond acceptors (Lipinski definition) is 4. The second kappa shape index (κ2) is 9.37. The van der Waals surface area contributed by atoms with E-state index in [-0.39, 0.29) is 11.9 Å². The molecule has 1 heterocycles. The van der Waals surface area contributed by atoms with E-state index in [0.717, 1.165) is 19.4 Å². The number of aliphatic carboxylic acids is 1. The van der Waals surface area contributed by atoms with Crippen LogP contribution in [0, 0.1) is 5.92 Å². The molecule has 2 aromatic rings. The first-order valence-electron chi connectivity index (χ1n) is 9.52. The van der Waals surface area contributed by atoms with Gasteiger partial charge in [0.05, 0.1) is 0 Å². The number of likely N-dealkylation sites (tertiary alicyclic amines) is 1. The molecule has 0 aromatic heterocycles. The Kier molecular flexibility index (Phi) is 6.66. The zero-order valence-corrected chi connectivity index (χ0v) is 16.0. The topological polar surface area (TPSA) is 78.9 Å². The van der Waals surface area contributed by atoms with E-state index in [0.29, 0.717) is 23.8 Å². The van der Waals surface area contributed by atoms with Crippen LogP contribution < -0.4 is 10.1 Å². The molecule has 1 aliphatic rings. The summed E-state index contributed by atoms with van der Waals surface area (Å²) >= 11 is 0. The van der Waals surface area contributed by atoms with Crippen molar-refractivity contribution in [1.29, 1.82) is 0 Å². The van der Waals surface area contributed by atoms with E-state index in [1.165, 1.54) is 5.56 Å². The number of hydrogen-bond donors (Lipinski definition) is 2. The van der Waals surface area contributed by atoms with Crippen molar-refractivity contribution in [3.8, 4) is 5.75 Å². The summed E-state index contributed by atoms with van der Waals surface area (Å²) in [5.41, 5.74) is 1.73. The third kappa shape index (κ3) is 5.10. The molecule has 1 fully saturated rings. The van der Waals surface area contributed by atoms with Gasteiger partial charge in [0, 0.05) is 18.2 Å². The summed E-state index contributed by atoms with van der Waals surface area (Å²) in [5, 5.41) is 11.8. The van der Waals surface area contributed by atoms with E-state index in [4.69, 9.17) is 9.84 Å². The predicted octanol–water partition coefficient (Wildman–Crippen LogP) is 2.96. The Morgan fingerprint density at radius 1 is 1.18 bits per heavy atom. The number of carboxylic acids is 1. The molecule has 2 aromatic carbocycles. The fourth-order valence-electron chi connectivity index (χ4n) is 3.85. The number of carbonyl (C=O) groups is 2. The fraction of sp³-hybridized carbons (Fsp3) is 0.364. The number of benzene rings is 2. The van der Waals surface area contributed by atoms with Crippen molar-refractivity contribution in [2.24, 2.45) is 5.92 Å². The zero-order chi connectivity index (χ0) is 19.9. The van der Waals surface area contributed by atoms with Gasteiger partial charge >= 0.3 is 5.97 Å². The number of nitrogens with zero attached hydrogens (tertiary/aromatic N) is 1. The van der Waals surface area contributed by atoms with Crippen LogP contribution in [0.1, 0.15) is 34.8 Å². The van der Waals surface area contributed by atoms with Crippen molar-refractivity contribution < 1.29 is 19.4 Å². The van der Waals surface area contributed by atoms with Gasteiger partial charge in [-0.2, -0.15) is 0 Å². The highest BCUT2D eigenvalue weighted by molar-refractivity contribution is 5.94. The molecule has 1 aliphatic heterocycles. The lowest BCUT2D eigenvalue weighted by Gasteiger charge is -2.39. The molecule has 2 atom stereocenters. The highest BCUT2D eigenvalue weighted by Gasteiger charge is 2.30. The second-order valence-corrected chi connectivity index (χ2v) is 7.16. The largest absolute Gasteiger partial charge is 0.482 e. The van der Waals surface area contributed by atoms with Gasteiger partial charge in [0.25, 0.3) is 5.91 Å². The molecular formula is C22H26N2O4. The number of rotatable bonds is 7. The SMILES string of the molecule is CN1CCC[C@@H](CNC(=O)c2cccc(OCC(=O)O)c2)[C@@H]1c1ccccc1. The molecule has 28 heavy (non-hydrogen) atoms. The smallest absolute Gasteiger partial charge is 0.341 e. The summed E-state index contributed by atoms with van der Waals surface area (Å²) in [5.74, 6) is -0.532. The summed E-state index contributed by atoms with van der Waals surface area (Å²) in [6.07, 6.45) is 2.17. The van der Waals surface area contributed by atoms with Gasteiger partial charge in [-0.1, -0.05) is 36.4 Å². The number of carbonyl (C=O) groups excluding carboxylic acids is 1. The molecule has 6 heteroatoms. The maximum Gasteiger partial charge on any atom is 0.341 e. The third-order valence-electron chi connectivity index (χ3n) is 5.13. The molecule has 1 amide bonds. The van der Waals surface area contributed by atoms with Gasteiger partial charge in [0.1, 0.15) is 5.75 Å². The minimum atomic E-state index is -1.05. The minimum absolute atomic E-state index is 0.180. The normalized spacial score (nSPS) is 19.8. The molecule has 0 spiro atoms. The Balaban J connectivity index is 1.64. The molecule has 2 N–H and O–H groups in total. The van der Waals surface area contributed by atoms with Crippen molar-refractivity contribution in [2.45, 2.75) is 18.9 Å². The lowest BCUT2D eigenvalue weighted by atomic mass is 9.85. The van der Waals surface area contributed by atoms with Crippen LogP contribution in [0.3, 0.4) is 0 Å². The molecule has 0 bridgehead atoms. The maximum atomic E-state index is 12.6. The average Bonchev–Trinajstić information content (AvgIpc) is 2.71. The van der Waals surface area contributed by atoms with E-state index >= 15 is 0 Å². The van der Waals surface area contributed by atoms with Gasteiger partial charge in [-0.3, -0.25) is 9.69 Å². The highest BCUT2D eigenvalue weighted by Crippen LogP contribution is 2.34. The van der Waals surface area contributed by atoms with Crippen LogP contribution in [0.5, 0.6) is 5.75 Å². The van der Waals surface area contributed by atoms with Crippen molar-refractivity contribution in [2.75, 3.05) is 26.7 Å². The first kappa shape index (κ1) is 19.9. The van der Waals surface area contributed by atoms with Crippen molar-refractivity contribution in [1.82, 2.24) is 10.2 Å². The summed E-state index contributed by atoms with van der Waals surface area (Å²) in [6.45, 7) is 1.20. The molecular weight excluding hydrogens is 356 g/mol. The minimum Gasteiger partial charge on any atom is -0.482 e. The molecule has 0 aliphatic carbocycles. The monoisotopic (exact) mass is 382 g/mol. The first-order chi connectivity index (χ1) is 13.5. The summed E-state index contributed by atoms with van der Waals surface area (Å²) < 4.78 is 5.16. The van der Waals surface area contributed by atoms with Crippen molar-refractivity contribution >= 4 is 11.9 Å². The summed E-state index contributed by atoms with van der Waals surface area (Å²) in [4.78, 5) is 25.6. The Morgan fingerprint density at radius 2 is 1.96 bits per heavy atom. The quantitative estimate of drug-likeness (QED) is 0.770. The Morgan fingerprint density at radius 3 is 2.71 bits per heavy atom. The van der Waals surface area contributed by atoms with Gasteiger partial charge in [-0.05, 0) is 56.1 Å². The number of nitrogens with one attached hydrogen (secondary N) is 1. The lowest BCUT2D eigenvalue weighted by molar-refractivity contribution is -0.139. The molecule has 3 rings (SSSR count). The van der Waals surface area contributed by atoms with Crippen LogP contribution in [-0.2, 0) is 4.79 Å². The van der Waals surface area contributed by atoms with Crippen molar-refractivity contribution in [3.05, 3.63) is 65.7 Å². The summed E-state index contributed by atoms with van der Waals surface area (Å²) in [7, 11) is 2.13. The van der Waals surface area contributed by atoms with E-state index in [2.05, 4.69) is 41.5 Å². The molecule has 1 saturated heterocycles. The van der Waals surface area contributed by atoms with Crippen LogP contribution in [-0.4, -0.2) is 48.6 Å². The molecule has 6 nitrogen and oxygen atoms in total. The fourth-order valence-corrected chi connectivity index (χ4v) is 3.85. The standard InChI is InChI=1S/C22H26N2O4/c1-24-12-6-10-18(21(24)16-7-3-2-4-8-16)14-23-22(27)17-9-5-11-19(13-17)28-15-20(25)26/h2-5,7-9,11,13,18,21H,6,10,12,14-15H2,1H3,(H,23,27)(H,25,26)/t18-,21-/m0/s1. The Hall–Kier alpha value is -2.86. The molecule has 0 unspecified atom stereocenters. The van der Waals surface area contributed by atoms with E-state index in [1.54, 1.807) is 24.3 Å². The average molecular weight is 382 g/mol. The second-order valence-electron chi connectivity index (χ2n) is 7.16.